The smallest absolute Gasteiger partial charge is 0.408 e. The second-order valence-corrected chi connectivity index (χ2v) is 7.32. The van der Waals surface area contributed by atoms with Crippen LogP contribution in [0, 0.1) is 0 Å². The molecule has 0 aliphatic heterocycles. The molecule has 0 radical (unpaired) electrons. The summed E-state index contributed by atoms with van der Waals surface area (Å²) in [6, 6.07) is 14.0. The number of halogens is 1. The zero-order chi connectivity index (χ0) is 19.3. The van der Waals surface area contributed by atoms with E-state index in [-0.39, 0.29) is 6.42 Å². The highest BCUT2D eigenvalue weighted by Gasteiger charge is 2.25. The van der Waals surface area contributed by atoms with Gasteiger partial charge in [0.25, 0.3) is 0 Å². The Bertz CT molecular complexity index is 784. The van der Waals surface area contributed by atoms with Gasteiger partial charge in [-0.1, -0.05) is 54.1 Å². The van der Waals surface area contributed by atoms with Crippen LogP contribution in [0.15, 0.2) is 48.5 Å². The van der Waals surface area contributed by atoms with Gasteiger partial charge in [-0.05, 0) is 43.5 Å². The van der Waals surface area contributed by atoms with Gasteiger partial charge in [-0.2, -0.15) is 0 Å². The molecule has 0 aliphatic rings. The lowest BCUT2D eigenvalue weighted by atomic mass is 10.0. The van der Waals surface area contributed by atoms with Gasteiger partial charge in [-0.15, -0.1) is 0 Å². The van der Waals surface area contributed by atoms with Gasteiger partial charge >= 0.3 is 12.1 Å². The van der Waals surface area contributed by atoms with E-state index in [2.05, 4.69) is 5.32 Å². The van der Waals surface area contributed by atoms with Crippen molar-refractivity contribution in [3.8, 4) is 11.1 Å². The third-order valence-corrected chi connectivity index (χ3v) is 3.93. The highest BCUT2D eigenvalue weighted by Crippen LogP contribution is 2.26. The van der Waals surface area contributed by atoms with Crippen LogP contribution in [0.5, 0.6) is 0 Å². The lowest BCUT2D eigenvalue weighted by Gasteiger charge is -2.22. The van der Waals surface area contributed by atoms with Gasteiger partial charge < -0.3 is 15.2 Å². The van der Waals surface area contributed by atoms with Crippen LogP contribution in [-0.4, -0.2) is 28.8 Å². The minimum absolute atomic E-state index is 0.0580. The largest absolute Gasteiger partial charge is 0.480 e. The third-order valence-electron chi connectivity index (χ3n) is 3.57. The van der Waals surface area contributed by atoms with Crippen LogP contribution in [-0.2, 0) is 16.0 Å². The van der Waals surface area contributed by atoms with Gasteiger partial charge in [0.05, 0.1) is 0 Å². The number of carboxylic acid groups (broad SMARTS) is 1. The molecule has 2 aromatic carbocycles. The van der Waals surface area contributed by atoms with Gasteiger partial charge in [-0.3, -0.25) is 0 Å². The van der Waals surface area contributed by atoms with E-state index < -0.39 is 23.7 Å². The molecule has 0 saturated heterocycles. The molecule has 26 heavy (non-hydrogen) atoms. The highest BCUT2D eigenvalue weighted by atomic mass is 35.5. The lowest BCUT2D eigenvalue weighted by molar-refractivity contribution is -0.139. The zero-order valence-electron chi connectivity index (χ0n) is 15.0. The maximum Gasteiger partial charge on any atom is 0.408 e. The second kappa shape index (κ2) is 8.23. The van der Waals surface area contributed by atoms with Crippen molar-refractivity contribution in [3.05, 3.63) is 59.1 Å². The van der Waals surface area contributed by atoms with E-state index in [1.165, 1.54) is 0 Å². The van der Waals surface area contributed by atoms with Crippen LogP contribution in [0.2, 0.25) is 5.02 Å². The number of rotatable bonds is 5. The van der Waals surface area contributed by atoms with E-state index >= 15 is 0 Å². The Morgan fingerprint density at radius 2 is 1.77 bits per heavy atom. The van der Waals surface area contributed by atoms with Crippen LogP contribution >= 0.6 is 11.6 Å². The number of hydrogen-bond acceptors (Lipinski definition) is 3. The maximum absolute atomic E-state index is 11.9. The number of carboxylic acids is 1. The molecule has 0 heterocycles. The topological polar surface area (TPSA) is 75.6 Å². The van der Waals surface area contributed by atoms with E-state index in [1.54, 1.807) is 32.9 Å². The molecule has 0 aliphatic carbocycles. The highest BCUT2D eigenvalue weighted by molar-refractivity contribution is 6.31. The molecule has 1 atom stereocenters. The number of carbonyl (C=O) groups excluding carboxylic acids is 1. The number of benzene rings is 2. The Hall–Kier alpha value is -2.53. The summed E-state index contributed by atoms with van der Waals surface area (Å²) in [7, 11) is 0. The van der Waals surface area contributed by atoms with Crippen molar-refractivity contribution in [1.82, 2.24) is 5.32 Å². The average Bonchev–Trinajstić information content (AvgIpc) is 2.54. The number of alkyl carbamates (subject to hydrolysis) is 1. The summed E-state index contributed by atoms with van der Waals surface area (Å²) in [5.41, 5.74) is 1.88. The monoisotopic (exact) mass is 375 g/mol. The first kappa shape index (κ1) is 19.8. The normalized spacial score (nSPS) is 12.3. The van der Waals surface area contributed by atoms with Crippen LogP contribution < -0.4 is 5.32 Å². The van der Waals surface area contributed by atoms with Crippen molar-refractivity contribution >= 4 is 23.7 Å². The first-order valence-electron chi connectivity index (χ1n) is 8.22. The Morgan fingerprint density at radius 3 is 2.31 bits per heavy atom. The average molecular weight is 376 g/mol. The zero-order valence-corrected chi connectivity index (χ0v) is 15.7. The fourth-order valence-corrected chi connectivity index (χ4v) is 2.65. The number of ether oxygens (including phenoxy) is 1. The summed E-state index contributed by atoms with van der Waals surface area (Å²) in [6.07, 6.45) is -0.718. The fraction of sp³-hybridized carbons (Fsp3) is 0.300. The molecule has 0 aromatic heterocycles. The quantitative estimate of drug-likeness (QED) is 0.805. The number of carbonyl (C=O) groups is 2. The molecule has 0 unspecified atom stereocenters. The molecule has 2 aromatic rings. The summed E-state index contributed by atoms with van der Waals surface area (Å²) in [4.78, 5) is 23.3. The molecular formula is C20H22ClNO4. The van der Waals surface area contributed by atoms with Gasteiger partial charge in [0.15, 0.2) is 0 Å². The predicted molar refractivity (Wildman–Crippen MR) is 101 cm³/mol. The van der Waals surface area contributed by atoms with E-state index in [0.717, 1.165) is 11.1 Å². The van der Waals surface area contributed by atoms with Crippen molar-refractivity contribution in [3.63, 3.8) is 0 Å². The molecular weight excluding hydrogens is 354 g/mol. The molecule has 5 nitrogen and oxygen atoms in total. The van der Waals surface area contributed by atoms with Crippen molar-refractivity contribution in [2.24, 2.45) is 0 Å². The van der Waals surface area contributed by atoms with E-state index in [9.17, 15) is 14.7 Å². The van der Waals surface area contributed by atoms with Crippen LogP contribution in [0.25, 0.3) is 11.1 Å². The SMILES string of the molecule is CC(C)(C)OC(=O)N[C@@H](Cc1ccc(-c2ccccc2)cc1Cl)C(=O)O. The molecule has 0 spiro atoms. The number of amides is 1. The molecule has 0 saturated carbocycles. The molecule has 138 valence electrons. The Balaban J connectivity index is 2.14. The summed E-state index contributed by atoms with van der Waals surface area (Å²) in [5, 5.41) is 12.2. The predicted octanol–water partition coefficient (Wildman–Crippen LogP) is 4.53. The van der Waals surface area contributed by atoms with E-state index in [4.69, 9.17) is 16.3 Å². The fourth-order valence-electron chi connectivity index (χ4n) is 2.39. The van der Waals surface area contributed by atoms with Crippen LogP contribution in [0.1, 0.15) is 26.3 Å². The lowest BCUT2D eigenvalue weighted by Crippen LogP contribution is -2.44. The van der Waals surface area contributed by atoms with Crippen molar-refractivity contribution in [2.45, 2.75) is 38.8 Å². The minimum Gasteiger partial charge on any atom is -0.480 e. The van der Waals surface area contributed by atoms with Crippen LogP contribution in [0.4, 0.5) is 4.79 Å². The van der Waals surface area contributed by atoms with Gasteiger partial charge in [-0.25, -0.2) is 9.59 Å². The summed E-state index contributed by atoms with van der Waals surface area (Å²) < 4.78 is 5.12. The van der Waals surface area contributed by atoms with E-state index in [1.807, 2.05) is 36.4 Å². The third kappa shape index (κ3) is 5.77. The number of hydrogen-bond donors (Lipinski definition) is 2. The first-order valence-corrected chi connectivity index (χ1v) is 8.59. The van der Waals surface area contributed by atoms with E-state index in [0.29, 0.717) is 10.6 Å². The summed E-state index contributed by atoms with van der Waals surface area (Å²) >= 11 is 6.33. The maximum atomic E-state index is 11.9. The standard InChI is InChI=1S/C20H22ClNO4/c1-20(2,3)26-19(25)22-17(18(23)24)12-15-10-9-14(11-16(15)21)13-7-5-4-6-8-13/h4-11,17H,12H2,1-3H3,(H,22,25)(H,23,24)/t17-/m0/s1. The van der Waals surface area contributed by atoms with Gasteiger partial charge in [0, 0.05) is 11.4 Å². The molecule has 0 fully saturated rings. The first-order chi connectivity index (χ1) is 12.2. The molecule has 0 bridgehead atoms. The van der Waals surface area contributed by atoms with Crippen molar-refractivity contribution in [2.75, 3.05) is 0 Å². The van der Waals surface area contributed by atoms with Gasteiger partial charge in [0.1, 0.15) is 11.6 Å². The van der Waals surface area contributed by atoms with Crippen LogP contribution in [0.3, 0.4) is 0 Å². The molecule has 6 heteroatoms. The minimum atomic E-state index is -1.15. The van der Waals surface area contributed by atoms with Crippen molar-refractivity contribution in [1.29, 1.82) is 0 Å². The Kier molecular flexibility index (Phi) is 6.27. The molecule has 2 N–H and O–H groups in total. The number of aliphatic carboxylic acids is 1. The summed E-state index contributed by atoms with van der Waals surface area (Å²) in [6.45, 7) is 5.13. The second-order valence-electron chi connectivity index (χ2n) is 6.91. The summed E-state index contributed by atoms with van der Waals surface area (Å²) in [5.74, 6) is -1.15. The Labute approximate surface area is 157 Å². The Morgan fingerprint density at radius 1 is 1.12 bits per heavy atom. The number of nitrogens with one attached hydrogen (secondary N) is 1. The van der Waals surface area contributed by atoms with Crippen molar-refractivity contribution < 1.29 is 19.4 Å². The molecule has 1 amide bonds. The molecule has 2 rings (SSSR count). The van der Waals surface area contributed by atoms with Gasteiger partial charge in [0.2, 0.25) is 0 Å².